The number of methoxy groups -OCH3 is 2. The van der Waals surface area contributed by atoms with Crippen molar-refractivity contribution in [1.29, 1.82) is 0 Å². The van der Waals surface area contributed by atoms with Crippen molar-refractivity contribution in [2.45, 2.75) is 18.6 Å². The maximum atomic E-state index is 10.9. The molecule has 2 atom stereocenters. The van der Waals surface area contributed by atoms with Gasteiger partial charge in [-0.25, -0.2) is 0 Å². The lowest BCUT2D eigenvalue weighted by molar-refractivity contribution is 0.0920. The van der Waals surface area contributed by atoms with E-state index in [0.717, 1.165) is 30.0 Å². The highest BCUT2D eigenvalue weighted by molar-refractivity contribution is 5.51. The maximum Gasteiger partial charge on any atom is 0.161 e. The van der Waals surface area contributed by atoms with Crippen molar-refractivity contribution in [3.05, 3.63) is 95.1 Å². The first kappa shape index (κ1) is 19.5. The van der Waals surface area contributed by atoms with Crippen molar-refractivity contribution in [2.75, 3.05) is 27.3 Å². The van der Waals surface area contributed by atoms with Crippen molar-refractivity contribution in [1.82, 2.24) is 4.90 Å². The summed E-state index contributed by atoms with van der Waals surface area (Å²) in [5, 5.41) is 10.9. The molecule has 0 radical (unpaired) electrons. The molecule has 2 unspecified atom stereocenters. The number of ether oxygens (including phenoxy) is 2. The van der Waals surface area contributed by atoms with Gasteiger partial charge in [0.1, 0.15) is 0 Å². The van der Waals surface area contributed by atoms with E-state index in [0.29, 0.717) is 6.54 Å². The lowest BCUT2D eigenvalue weighted by atomic mass is 9.87. The highest BCUT2D eigenvalue weighted by Crippen LogP contribution is 2.41. The molecule has 4 heteroatoms. The molecule has 4 nitrogen and oxygen atoms in total. The molecule has 1 aliphatic heterocycles. The van der Waals surface area contributed by atoms with E-state index >= 15 is 0 Å². The van der Waals surface area contributed by atoms with Crippen molar-refractivity contribution in [3.8, 4) is 11.5 Å². The van der Waals surface area contributed by atoms with Crippen molar-refractivity contribution < 1.29 is 14.6 Å². The molecular weight excluding hydrogens is 362 g/mol. The molecule has 3 aromatic carbocycles. The number of hydrogen-bond acceptors (Lipinski definition) is 4. The van der Waals surface area contributed by atoms with Gasteiger partial charge in [-0.05, 0) is 40.8 Å². The fraction of sp³-hybridized carbons (Fsp3) is 0.280. The predicted octanol–water partition coefficient (Wildman–Crippen LogP) is 4.38. The molecule has 0 fully saturated rings. The van der Waals surface area contributed by atoms with Crippen molar-refractivity contribution in [3.63, 3.8) is 0 Å². The summed E-state index contributed by atoms with van der Waals surface area (Å²) in [6.45, 7) is 1.43. The fourth-order valence-electron chi connectivity index (χ4n) is 4.22. The summed E-state index contributed by atoms with van der Waals surface area (Å²) in [5.74, 6) is 1.49. The smallest absolute Gasteiger partial charge is 0.161 e. The van der Waals surface area contributed by atoms with Gasteiger partial charge in [-0.1, -0.05) is 60.7 Å². The van der Waals surface area contributed by atoms with Gasteiger partial charge in [-0.15, -0.1) is 0 Å². The number of fused-ring (bicyclic) bond motifs is 1. The minimum atomic E-state index is -0.538. The van der Waals surface area contributed by atoms with Gasteiger partial charge >= 0.3 is 0 Å². The summed E-state index contributed by atoms with van der Waals surface area (Å²) in [6, 6.07) is 24.6. The van der Waals surface area contributed by atoms with E-state index in [9.17, 15) is 5.11 Å². The first-order valence-electron chi connectivity index (χ1n) is 9.98. The van der Waals surface area contributed by atoms with Crippen LogP contribution in [0.2, 0.25) is 0 Å². The Balaban J connectivity index is 1.73. The van der Waals surface area contributed by atoms with Crippen LogP contribution in [0, 0.1) is 0 Å². The van der Waals surface area contributed by atoms with E-state index in [4.69, 9.17) is 9.47 Å². The molecular formula is C25H27NO3. The van der Waals surface area contributed by atoms with Gasteiger partial charge in [0.25, 0.3) is 0 Å². The molecule has 0 amide bonds. The summed E-state index contributed by atoms with van der Waals surface area (Å²) in [5.41, 5.74) is 4.63. The van der Waals surface area contributed by atoms with E-state index in [1.807, 2.05) is 36.4 Å². The molecule has 29 heavy (non-hydrogen) atoms. The third-order valence-electron chi connectivity index (χ3n) is 5.68. The monoisotopic (exact) mass is 389 g/mol. The molecule has 0 saturated heterocycles. The zero-order chi connectivity index (χ0) is 20.2. The van der Waals surface area contributed by atoms with E-state index in [1.54, 1.807) is 14.2 Å². The molecule has 0 aromatic heterocycles. The van der Waals surface area contributed by atoms with Crippen LogP contribution in [0.1, 0.15) is 34.4 Å². The summed E-state index contributed by atoms with van der Waals surface area (Å²) in [4.78, 5) is 2.36. The second-order valence-electron chi connectivity index (χ2n) is 7.39. The zero-order valence-electron chi connectivity index (χ0n) is 16.9. The van der Waals surface area contributed by atoms with Crippen LogP contribution >= 0.6 is 0 Å². The van der Waals surface area contributed by atoms with E-state index in [2.05, 4.69) is 41.3 Å². The van der Waals surface area contributed by atoms with Gasteiger partial charge in [0, 0.05) is 13.1 Å². The Morgan fingerprint density at radius 2 is 1.55 bits per heavy atom. The Hall–Kier alpha value is -2.82. The largest absolute Gasteiger partial charge is 0.493 e. The maximum absolute atomic E-state index is 10.9. The second kappa shape index (κ2) is 8.68. The summed E-state index contributed by atoms with van der Waals surface area (Å²) < 4.78 is 11.1. The van der Waals surface area contributed by atoms with Gasteiger partial charge in [-0.3, -0.25) is 4.90 Å². The molecule has 0 saturated carbocycles. The Labute approximate surface area is 172 Å². The third-order valence-corrected chi connectivity index (χ3v) is 5.68. The lowest BCUT2D eigenvalue weighted by Gasteiger charge is -2.39. The molecule has 1 N–H and O–H groups in total. The SMILES string of the molecule is COc1cc2c(cc1OC)C(c1ccccc1)N(CC(O)c1ccccc1)CC2. The van der Waals surface area contributed by atoms with Gasteiger partial charge in [0.2, 0.25) is 0 Å². The van der Waals surface area contributed by atoms with Crippen molar-refractivity contribution in [2.24, 2.45) is 0 Å². The van der Waals surface area contributed by atoms with Crippen molar-refractivity contribution >= 4 is 0 Å². The van der Waals surface area contributed by atoms with E-state index in [1.165, 1.54) is 16.7 Å². The number of nitrogens with zero attached hydrogens (tertiary/aromatic N) is 1. The van der Waals surface area contributed by atoms with Gasteiger partial charge < -0.3 is 14.6 Å². The summed E-state index contributed by atoms with van der Waals surface area (Å²) >= 11 is 0. The standard InChI is InChI=1S/C25H27NO3/c1-28-23-15-20-13-14-26(17-22(27)18-9-5-3-6-10-18)25(19-11-7-4-8-12-19)21(20)16-24(23)29-2/h3-12,15-16,22,25,27H,13-14,17H2,1-2H3. The Morgan fingerprint density at radius 1 is 0.931 bits per heavy atom. The fourth-order valence-corrected chi connectivity index (χ4v) is 4.22. The average Bonchev–Trinajstić information content (AvgIpc) is 2.79. The lowest BCUT2D eigenvalue weighted by Crippen LogP contribution is -2.38. The van der Waals surface area contributed by atoms with Crippen LogP contribution in [0.5, 0.6) is 11.5 Å². The Bertz CT molecular complexity index is 943. The van der Waals surface area contributed by atoms with Crippen LogP contribution < -0.4 is 9.47 Å². The molecule has 0 aliphatic carbocycles. The van der Waals surface area contributed by atoms with Crippen LogP contribution in [0.3, 0.4) is 0 Å². The number of hydrogen-bond donors (Lipinski definition) is 1. The minimum absolute atomic E-state index is 0.0538. The number of aliphatic hydroxyl groups excluding tert-OH is 1. The Kier molecular flexibility index (Phi) is 5.84. The van der Waals surface area contributed by atoms with Crippen LogP contribution in [-0.2, 0) is 6.42 Å². The average molecular weight is 389 g/mol. The summed E-state index contributed by atoms with van der Waals surface area (Å²) in [6.07, 6.45) is 0.365. The predicted molar refractivity (Wildman–Crippen MR) is 115 cm³/mol. The number of β-amino-alcohol motifs (C(OH)–C–C–N with tert-alkyl or cyclic N) is 1. The zero-order valence-corrected chi connectivity index (χ0v) is 16.9. The molecule has 0 bridgehead atoms. The van der Waals surface area contributed by atoms with Gasteiger partial charge in [-0.2, -0.15) is 0 Å². The third kappa shape index (κ3) is 4.00. The Morgan fingerprint density at radius 3 is 2.21 bits per heavy atom. The number of aliphatic hydroxyl groups is 1. The normalized spacial score (nSPS) is 17.4. The first-order valence-corrected chi connectivity index (χ1v) is 9.98. The molecule has 1 heterocycles. The van der Waals surface area contributed by atoms with E-state index in [-0.39, 0.29) is 6.04 Å². The minimum Gasteiger partial charge on any atom is -0.493 e. The molecule has 150 valence electrons. The molecule has 1 aliphatic rings. The van der Waals surface area contributed by atoms with Crippen LogP contribution in [0.4, 0.5) is 0 Å². The highest BCUT2D eigenvalue weighted by atomic mass is 16.5. The molecule has 3 aromatic rings. The second-order valence-corrected chi connectivity index (χ2v) is 7.39. The van der Waals surface area contributed by atoms with Gasteiger partial charge in [0.15, 0.2) is 11.5 Å². The van der Waals surface area contributed by atoms with E-state index < -0.39 is 6.10 Å². The first-order chi connectivity index (χ1) is 14.2. The summed E-state index contributed by atoms with van der Waals surface area (Å²) in [7, 11) is 3.34. The topological polar surface area (TPSA) is 41.9 Å². The number of rotatable bonds is 6. The van der Waals surface area contributed by atoms with Crippen LogP contribution in [-0.4, -0.2) is 37.3 Å². The highest BCUT2D eigenvalue weighted by Gasteiger charge is 2.31. The molecule has 4 rings (SSSR count). The van der Waals surface area contributed by atoms with Crippen LogP contribution in [0.25, 0.3) is 0 Å². The molecule has 0 spiro atoms. The number of benzene rings is 3. The van der Waals surface area contributed by atoms with Crippen LogP contribution in [0.15, 0.2) is 72.8 Å². The quantitative estimate of drug-likeness (QED) is 0.679. The van der Waals surface area contributed by atoms with Gasteiger partial charge in [0.05, 0.1) is 26.4 Å².